The third-order valence-electron chi connectivity index (χ3n) is 2.06. The normalized spacial score (nSPS) is 11.1. The number of rotatable bonds is 0. The van der Waals surface area contributed by atoms with Gasteiger partial charge in [0.1, 0.15) is 11.8 Å². The van der Waals surface area contributed by atoms with E-state index >= 15 is 0 Å². The molecule has 1 N–H and O–H groups in total. The molecule has 0 radical (unpaired) electrons. The van der Waals surface area contributed by atoms with Gasteiger partial charge < -0.3 is 4.98 Å². The van der Waals surface area contributed by atoms with Crippen molar-refractivity contribution in [2.45, 2.75) is 0 Å². The summed E-state index contributed by atoms with van der Waals surface area (Å²) in [6.07, 6.45) is 1.44. The van der Waals surface area contributed by atoms with Gasteiger partial charge in [0.05, 0.1) is 0 Å². The van der Waals surface area contributed by atoms with Crippen LogP contribution in [0.5, 0.6) is 0 Å². The second-order valence-corrected chi connectivity index (χ2v) is 2.83. The number of nitrogens with one attached hydrogen (secondary N) is 1. The highest BCUT2D eigenvalue weighted by atomic mass is 15.1. The van der Waals surface area contributed by atoms with Gasteiger partial charge in [-0.2, -0.15) is 0 Å². The molecule has 0 saturated carbocycles. The minimum atomic E-state index is 0.788. The molecule has 1 aromatic carbocycles. The molecule has 0 aliphatic carbocycles. The number of H-pyrrole nitrogens is 1. The third-order valence-corrected chi connectivity index (χ3v) is 2.06. The lowest BCUT2D eigenvalue weighted by Crippen LogP contribution is -1.82. The molecule has 0 fully saturated rings. The molecule has 0 aliphatic heterocycles. The van der Waals surface area contributed by atoms with Crippen LogP contribution < -0.4 is 0 Å². The molecule has 4 nitrogen and oxygen atoms in total. The lowest BCUT2D eigenvalue weighted by Gasteiger charge is -1.85. The predicted molar refractivity (Wildman–Crippen MR) is 49.2 cm³/mol. The highest BCUT2D eigenvalue weighted by molar-refractivity contribution is 6.02. The summed E-state index contributed by atoms with van der Waals surface area (Å²) in [5.74, 6) is 0. The largest absolute Gasteiger partial charge is 0.338 e. The van der Waals surface area contributed by atoms with Crippen molar-refractivity contribution >= 4 is 22.1 Å². The van der Waals surface area contributed by atoms with Crippen molar-refractivity contribution in [1.82, 2.24) is 20.2 Å². The summed E-state index contributed by atoms with van der Waals surface area (Å²) < 4.78 is 0. The second kappa shape index (κ2) is 2.26. The van der Waals surface area contributed by atoms with Crippen molar-refractivity contribution < 1.29 is 0 Å². The van der Waals surface area contributed by atoms with Crippen LogP contribution in [0.25, 0.3) is 22.1 Å². The Hall–Kier alpha value is -1.97. The summed E-state index contributed by atoms with van der Waals surface area (Å²) in [6, 6.07) is 7.96. The molecule has 0 aliphatic rings. The van der Waals surface area contributed by atoms with Gasteiger partial charge in [-0.25, -0.2) is 4.98 Å². The van der Waals surface area contributed by atoms with Crippen LogP contribution in [-0.4, -0.2) is 20.2 Å². The molecule has 0 unspecified atom stereocenters. The minimum Gasteiger partial charge on any atom is -0.338 e. The molecule has 3 aromatic rings. The fourth-order valence-corrected chi connectivity index (χ4v) is 1.47. The number of benzene rings is 1. The quantitative estimate of drug-likeness (QED) is 0.556. The van der Waals surface area contributed by atoms with Crippen LogP contribution in [0, 0.1) is 0 Å². The van der Waals surface area contributed by atoms with Crippen molar-refractivity contribution in [1.29, 1.82) is 0 Å². The van der Waals surface area contributed by atoms with Gasteiger partial charge in [0.15, 0.2) is 5.65 Å². The van der Waals surface area contributed by atoms with E-state index in [4.69, 9.17) is 0 Å². The molecule has 0 saturated heterocycles. The van der Waals surface area contributed by atoms with Crippen molar-refractivity contribution in [3.8, 4) is 0 Å². The summed E-state index contributed by atoms with van der Waals surface area (Å²) in [6.45, 7) is 0. The van der Waals surface area contributed by atoms with E-state index in [9.17, 15) is 0 Å². The van der Waals surface area contributed by atoms with Crippen LogP contribution in [0.2, 0.25) is 0 Å². The van der Waals surface area contributed by atoms with Gasteiger partial charge in [0.25, 0.3) is 0 Å². The molecule has 0 amide bonds. The number of hydrogen-bond donors (Lipinski definition) is 1. The first-order valence-electron chi connectivity index (χ1n) is 3.99. The fraction of sp³-hybridized carbons (Fsp3) is 0. The lowest BCUT2D eigenvalue weighted by molar-refractivity contribution is 1.02. The molecule has 3 rings (SSSR count). The highest BCUT2D eigenvalue weighted by Gasteiger charge is 2.03. The van der Waals surface area contributed by atoms with Gasteiger partial charge in [-0.3, -0.25) is 0 Å². The first kappa shape index (κ1) is 6.54. The first-order valence-corrected chi connectivity index (χ1v) is 3.99. The topological polar surface area (TPSA) is 54.5 Å². The standard InChI is InChI=1S/C9H6N4/c1-2-4-7-6(3-1)8-9(12-7)10-5-11-13-8/h1-5H,(H,10,11,12). The number of nitrogens with zero attached hydrogens (tertiary/aromatic N) is 3. The predicted octanol–water partition coefficient (Wildman–Crippen LogP) is 1.51. The number of fused-ring (bicyclic) bond motifs is 3. The Morgan fingerprint density at radius 3 is 3.08 bits per heavy atom. The number of hydrogen-bond acceptors (Lipinski definition) is 3. The Morgan fingerprint density at radius 1 is 1.15 bits per heavy atom. The van der Waals surface area contributed by atoms with Crippen LogP contribution in [0.15, 0.2) is 30.6 Å². The zero-order chi connectivity index (χ0) is 8.67. The van der Waals surface area contributed by atoms with E-state index in [-0.39, 0.29) is 0 Å². The number of aromatic nitrogens is 4. The fourth-order valence-electron chi connectivity index (χ4n) is 1.47. The minimum absolute atomic E-state index is 0.788. The van der Waals surface area contributed by atoms with Gasteiger partial charge in [-0.1, -0.05) is 18.2 Å². The molecule has 4 heteroatoms. The smallest absolute Gasteiger partial charge is 0.160 e. The Labute approximate surface area is 73.6 Å². The molecule has 0 atom stereocenters. The first-order chi connectivity index (χ1) is 6.45. The molecule has 13 heavy (non-hydrogen) atoms. The lowest BCUT2D eigenvalue weighted by atomic mass is 10.2. The van der Waals surface area contributed by atoms with E-state index in [1.807, 2.05) is 24.3 Å². The molecule has 0 spiro atoms. The van der Waals surface area contributed by atoms with Crippen LogP contribution in [0.1, 0.15) is 0 Å². The summed E-state index contributed by atoms with van der Waals surface area (Å²) >= 11 is 0. The maximum Gasteiger partial charge on any atom is 0.160 e. The average Bonchev–Trinajstić information content (AvgIpc) is 2.56. The van der Waals surface area contributed by atoms with Crippen LogP contribution in [-0.2, 0) is 0 Å². The average molecular weight is 170 g/mol. The Balaban J connectivity index is 2.64. The Morgan fingerprint density at radius 2 is 2.08 bits per heavy atom. The second-order valence-electron chi connectivity index (χ2n) is 2.83. The zero-order valence-electron chi connectivity index (χ0n) is 6.73. The third kappa shape index (κ3) is 0.823. The van der Waals surface area contributed by atoms with Crippen molar-refractivity contribution in [2.75, 3.05) is 0 Å². The van der Waals surface area contributed by atoms with E-state index in [0.717, 1.165) is 22.1 Å². The molecule has 62 valence electrons. The Bertz CT molecular complexity index is 519. The maximum atomic E-state index is 4.09. The highest BCUT2D eigenvalue weighted by Crippen LogP contribution is 2.20. The number of para-hydroxylation sites is 1. The summed E-state index contributed by atoms with van der Waals surface area (Å²) in [5, 5.41) is 8.85. The molecule has 2 aromatic heterocycles. The maximum absolute atomic E-state index is 4.09. The van der Waals surface area contributed by atoms with E-state index in [1.165, 1.54) is 6.33 Å². The molecular weight excluding hydrogens is 164 g/mol. The van der Waals surface area contributed by atoms with Crippen molar-refractivity contribution in [3.05, 3.63) is 30.6 Å². The summed E-state index contributed by atoms with van der Waals surface area (Å²) in [4.78, 5) is 7.25. The van der Waals surface area contributed by atoms with Gasteiger partial charge >= 0.3 is 0 Å². The molecule has 0 bridgehead atoms. The van der Waals surface area contributed by atoms with Crippen molar-refractivity contribution in [2.24, 2.45) is 0 Å². The molecule has 2 heterocycles. The van der Waals surface area contributed by atoms with Crippen LogP contribution in [0.3, 0.4) is 0 Å². The summed E-state index contributed by atoms with van der Waals surface area (Å²) in [7, 11) is 0. The van der Waals surface area contributed by atoms with E-state index < -0.39 is 0 Å². The summed E-state index contributed by atoms with van der Waals surface area (Å²) in [5.41, 5.74) is 2.67. The van der Waals surface area contributed by atoms with Gasteiger partial charge in [-0.05, 0) is 6.07 Å². The monoisotopic (exact) mass is 170 g/mol. The SMILES string of the molecule is c1ccc2c(c1)[nH]c1ncnnc12. The molecular formula is C9H6N4. The van der Waals surface area contributed by atoms with Crippen molar-refractivity contribution in [3.63, 3.8) is 0 Å². The number of aromatic amines is 1. The van der Waals surface area contributed by atoms with Gasteiger partial charge in [0, 0.05) is 10.9 Å². The van der Waals surface area contributed by atoms with Crippen LogP contribution >= 0.6 is 0 Å². The zero-order valence-corrected chi connectivity index (χ0v) is 6.73. The van der Waals surface area contributed by atoms with E-state index in [2.05, 4.69) is 20.2 Å². The van der Waals surface area contributed by atoms with E-state index in [0.29, 0.717) is 0 Å². The Kier molecular flexibility index (Phi) is 1.14. The van der Waals surface area contributed by atoms with Gasteiger partial charge in [0.2, 0.25) is 0 Å². The van der Waals surface area contributed by atoms with E-state index in [1.54, 1.807) is 0 Å². The van der Waals surface area contributed by atoms with Gasteiger partial charge in [-0.15, -0.1) is 10.2 Å². The van der Waals surface area contributed by atoms with Crippen LogP contribution in [0.4, 0.5) is 0 Å².